The summed E-state index contributed by atoms with van der Waals surface area (Å²) in [7, 11) is 0. The number of hydrogen-bond acceptors (Lipinski definition) is 4. The van der Waals surface area contributed by atoms with Gasteiger partial charge in [0.05, 0.1) is 0 Å². The minimum atomic E-state index is -0.352. The molecule has 0 aliphatic carbocycles. The molecule has 0 saturated carbocycles. The van der Waals surface area contributed by atoms with Crippen molar-refractivity contribution < 1.29 is 9.59 Å². The van der Waals surface area contributed by atoms with Crippen molar-refractivity contribution in [2.45, 2.75) is 12.8 Å². The molecule has 2 aromatic heterocycles. The number of nitrogens with one attached hydrogen (secondary N) is 4. The molecule has 0 fully saturated rings. The third-order valence-corrected chi connectivity index (χ3v) is 3.30. The lowest BCUT2D eigenvalue weighted by Gasteiger charge is -2.05. The Balaban J connectivity index is 1.52. The molecular weight excluding hydrogens is 332 g/mol. The first-order chi connectivity index (χ1) is 12.7. The molecule has 8 heteroatoms. The lowest BCUT2D eigenvalue weighted by atomic mass is 10.3. The lowest BCUT2D eigenvalue weighted by Crippen LogP contribution is -2.36. The zero-order valence-corrected chi connectivity index (χ0v) is 14.3. The highest BCUT2D eigenvalue weighted by atomic mass is 16.2. The minimum absolute atomic E-state index is 0.352. The molecule has 4 amide bonds. The van der Waals surface area contributed by atoms with Crippen LogP contribution in [0.2, 0.25) is 0 Å². The van der Waals surface area contributed by atoms with Crippen LogP contribution in [-0.2, 0) is 12.8 Å². The molecule has 2 aromatic rings. The average Bonchev–Trinajstić information content (AvgIpc) is 2.67. The minimum Gasteiger partial charge on any atom is -0.337 e. The molecule has 0 aliphatic heterocycles. The van der Waals surface area contributed by atoms with E-state index in [1.165, 1.54) is 12.4 Å². The van der Waals surface area contributed by atoms with Crippen molar-refractivity contribution in [2.24, 2.45) is 0 Å². The Hall–Kier alpha value is -3.42. The molecule has 0 spiro atoms. The maximum Gasteiger partial charge on any atom is 0.318 e. The fourth-order valence-electron chi connectivity index (χ4n) is 2.04. The fourth-order valence-corrected chi connectivity index (χ4v) is 2.04. The van der Waals surface area contributed by atoms with Gasteiger partial charge in [-0.3, -0.25) is 9.97 Å². The lowest BCUT2D eigenvalue weighted by molar-refractivity contribution is 0.242. The number of rotatable bonds is 8. The van der Waals surface area contributed by atoms with Crippen LogP contribution in [0.15, 0.2) is 61.2 Å². The molecule has 0 aromatic carbocycles. The van der Waals surface area contributed by atoms with Crippen molar-refractivity contribution in [1.82, 2.24) is 31.2 Å². The van der Waals surface area contributed by atoms with Gasteiger partial charge in [-0.15, -0.1) is 0 Å². The Kier molecular flexibility index (Phi) is 8.14. The average molecular weight is 354 g/mol. The Bertz CT molecular complexity index is 645. The van der Waals surface area contributed by atoms with Gasteiger partial charge < -0.3 is 21.3 Å². The number of pyridine rings is 2. The second-order valence-corrected chi connectivity index (χ2v) is 5.28. The third kappa shape index (κ3) is 7.91. The van der Waals surface area contributed by atoms with Crippen LogP contribution in [0.4, 0.5) is 9.59 Å². The molecule has 2 rings (SSSR count). The third-order valence-electron chi connectivity index (χ3n) is 3.30. The zero-order valence-electron chi connectivity index (χ0n) is 14.3. The van der Waals surface area contributed by atoms with E-state index in [9.17, 15) is 9.59 Å². The molecule has 0 bridgehead atoms. The quantitative estimate of drug-likeness (QED) is 0.573. The Labute approximate surface area is 152 Å². The van der Waals surface area contributed by atoms with E-state index >= 15 is 0 Å². The van der Waals surface area contributed by atoms with Gasteiger partial charge >= 0.3 is 12.1 Å². The van der Waals surface area contributed by atoms with Crippen LogP contribution in [0.5, 0.6) is 0 Å². The highest BCUT2D eigenvalue weighted by Gasteiger charge is 1.99. The normalized spacial score (nSPS) is 10.3. The predicted molar refractivity (Wildman–Crippen MR) is 98.1 cm³/mol. The van der Waals surface area contributed by atoms with Gasteiger partial charge in [-0.05, 0) is 24.3 Å². The van der Waals surface area contributed by atoms with Crippen LogP contribution < -0.4 is 21.3 Å². The summed E-state index contributed by atoms with van der Waals surface area (Å²) in [6.07, 6.45) is 7.43. The van der Waals surface area contributed by atoms with Gasteiger partial charge in [-0.1, -0.05) is 12.1 Å². The molecule has 2 heterocycles. The maximum absolute atomic E-state index is 11.6. The van der Waals surface area contributed by atoms with E-state index in [2.05, 4.69) is 31.2 Å². The Morgan fingerprint density at radius 2 is 1.23 bits per heavy atom. The summed E-state index contributed by atoms with van der Waals surface area (Å²) in [5.74, 6) is 0. The SMILES string of the molecule is O=C(N/C=C/NC(=O)NCCc1ccccn1)NCCc1ccccn1. The predicted octanol–water partition coefficient (Wildman–Crippen LogP) is 1.33. The first kappa shape index (κ1) is 18.9. The summed E-state index contributed by atoms with van der Waals surface area (Å²) in [5, 5.41) is 10.4. The maximum atomic E-state index is 11.6. The van der Waals surface area contributed by atoms with Crippen LogP contribution in [0.3, 0.4) is 0 Å². The van der Waals surface area contributed by atoms with E-state index < -0.39 is 0 Å². The zero-order chi connectivity index (χ0) is 18.5. The van der Waals surface area contributed by atoms with Crippen molar-refractivity contribution in [3.05, 3.63) is 72.6 Å². The second-order valence-electron chi connectivity index (χ2n) is 5.28. The van der Waals surface area contributed by atoms with Crippen LogP contribution >= 0.6 is 0 Å². The molecule has 26 heavy (non-hydrogen) atoms. The molecule has 8 nitrogen and oxygen atoms in total. The number of hydrogen-bond donors (Lipinski definition) is 4. The summed E-state index contributed by atoms with van der Waals surface area (Å²) < 4.78 is 0. The number of urea groups is 2. The highest BCUT2D eigenvalue weighted by Crippen LogP contribution is 1.93. The van der Waals surface area contributed by atoms with Crippen molar-refractivity contribution in [3.8, 4) is 0 Å². The van der Waals surface area contributed by atoms with Crippen LogP contribution in [0.1, 0.15) is 11.4 Å². The number of carbonyl (C=O) groups is 2. The van der Waals surface area contributed by atoms with Gasteiger partial charge in [-0.25, -0.2) is 9.59 Å². The largest absolute Gasteiger partial charge is 0.337 e. The molecule has 0 unspecified atom stereocenters. The topological polar surface area (TPSA) is 108 Å². The van der Waals surface area contributed by atoms with E-state index in [1.807, 2.05) is 36.4 Å². The van der Waals surface area contributed by atoms with Crippen LogP contribution in [-0.4, -0.2) is 35.1 Å². The molecule has 0 saturated heterocycles. The number of aromatic nitrogens is 2. The summed E-state index contributed by atoms with van der Waals surface area (Å²) in [6, 6.07) is 10.6. The molecule has 136 valence electrons. The van der Waals surface area contributed by atoms with Gasteiger partial charge in [0, 0.05) is 62.1 Å². The van der Waals surface area contributed by atoms with Gasteiger partial charge in [0.25, 0.3) is 0 Å². The van der Waals surface area contributed by atoms with Crippen molar-refractivity contribution in [1.29, 1.82) is 0 Å². The van der Waals surface area contributed by atoms with Gasteiger partial charge in [-0.2, -0.15) is 0 Å². The van der Waals surface area contributed by atoms with E-state index in [0.29, 0.717) is 25.9 Å². The summed E-state index contributed by atoms with van der Waals surface area (Å²) in [6.45, 7) is 0.941. The van der Waals surface area contributed by atoms with E-state index in [-0.39, 0.29) is 12.1 Å². The van der Waals surface area contributed by atoms with Gasteiger partial charge in [0.15, 0.2) is 0 Å². The standard InChI is InChI=1S/C18H22N6O2/c25-17(21-11-7-15-5-1-3-9-19-15)23-13-14-24-18(26)22-12-8-16-6-2-4-10-20-16/h1-6,9-10,13-14H,7-8,11-12H2,(H2,21,23,25)(H2,22,24,26)/b14-13+. The molecule has 0 atom stereocenters. The number of nitrogens with zero attached hydrogens (tertiary/aromatic N) is 2. The van der Waals surface area contributed by atoms with E-state index in [1.54, 1.807) is 12.4 Å². The Morgan fingerprint density at radius 1 is 0.769 bits per heavy atom. The fraction of sp³-hybridized carbons (Fsp3) is 0.222. The molecular formula is C18H22N6O2. The van der Waals surface area contributed by atoms with Crippen molar-refractivity contribution in [3.63, 3.8) is 0 Å². The van der Waals surface area contributed by atoms with Gasteiger partial charge in [0.2, 0.25) is 0 Å². The molecule has 0 radical (unpaired) electrons. The number of carbonyl (C=O) groups excluding carboxylic acids is 2. The molecule has 0 aliphatic rings. The second kappa shape index (κ2) is 11.2. The molecule has 4 N–H and O–H groups in total. The van der Waals surface area contributed by atoms with E-state index in [4.69, 9.17) is 0 Å². The van der Waals surface area contributed by atoms with Crippen LogP contribution in [0, 0.1) is 0 Å². The smallest absolute Gasteiger partial charge is 0.318 e. The van der Waals surface area contributed by atoms with Crippen LogP contribution in [0.25, 0.3) is 0 Å². The number of amides is 4. The Morgan fingerprint density at radius 3 is 1.62 bits per heavy atom. The summed E-state index contributed by atoms with van der Waals surface area (Å²) in [4.78, 5) is 31.5. The first-order valence-electron chi connectivity index (χ1n) is 8.27. The van der Waals surface area contributed by atoms with E-state index in [0.717, 1.165) is 11.4 Å². The summed E-state index contributed by atoms with van der Waals surface area (Å²) >= 11 is 0. The first-order valence-corrected chi connectivity index (χ1v) is 8.27. The highest BCUT2D eigenvalue weighted by molar-refractivity contribution is 5.76. The monoisotopic (exact) mass is 354 g/mol. The van der Waals surface area contributed by atoms with Crippen molar-refractivity contribution in [2.75, 3.05) is 13.1 Å². The van der Waals surface area contributed by atoms with Gasteiger partial charge in [0.1, 0.15) is 0 Å². The summed E-state index contributed by atoms with van der Waals surface area (Å²) in [5.41, 5.74) is 1.82. The van der Waals surface area contributed by atoms with Crippen molar-refractivity contribution >= 4 is 12.1 Å².